The second kappa shape index (κ2) is 6.76. The first-order valence-corrected chi connectivity index (χ1v) is 9.94. The Kier molecular flexibility index (Phi) is 4.48. The molecule has 4 aromatic rings. The molecule has 1 aromatic carbocycles. The molecule has 29 heavy (non-hydrogen) atoms. The van der Waals surface area contributed by atoms with Crippen molar-refractivity contribution in [1.82, 2.24) is 23.1 Å². The van der Waals surface area contributed by atoms with E-state index in [4.69, 9.17) is 4.98 Å². The highest BCUT2D eigenvalue weighted by Crippen LogP contribution is 2.21. The summed E-state index contributed by atoms with van der Waals surface area (Å²) in [6, 6.07) is 7.87. The van der Waals surface area contributed by atoms with E-state index in [0.717, 1.165) is 29.1 Å². The fourth-order valence-electron chi connectivity index (χ4n) is 4.03. The van der Waals surface area contributed by atoms with Gasteiger partial charge in [0.2, 0.25) is 5.78 Å². The average molecular weight is 393 g/mol. The SMILES string of the molecule is Cc1cccc(Cn2c(=O)c3c(nc4n(CC(C)C)c(C)c(C)n34)n(C)c2=O)c1. The third kappa shape index (κ3) is 2.92. The van der Waals surface area contributed by atoms with Crippen molar-refractivity contribution in [1.29, 1.82) is 0 Å². The third-order valence-electron chi connectivity index (χ3n) is 5.60. The second-order valence-corrected chi connectivity index (χ2v) is 8.32. The van der Waals surface area contributed by atoms with E-state index in [2.05, 4.69) is 18.4 Å². The molecule has 0 bridgehead atoms. The van der Waals surface area contributed by atoms with Crippen LogP contribution < -0.4 is 11.2 Å². The minimum atomic E-state index is -0.352. The molecule has 0 amide bonds. The number of fused-ring (bicyclic) bond motifs is 3. The van der Waals surface area contributed by atoms with Crippen molar-refractivity contribution in [2.75, 3.05) is 0 Å². The monoisotopic (exact) mass is 393 g/mol. The molecule has 7 nitrogen and oxygen atoms in total. The van der Waals surface area contributed by atoms with Crippen LogP contribution in [0.1, 0.15) is 36.4 Å². The molecule has 0 fully saturated rings. The van der Waals surface area contributed by atoms with Crippen molar-refractivity contribution >= 4 is 16.9 Å². The van der Waals surface area contributed by atoms with Crippen LogP contribution in [-0.2, 0) is 20.1 Å². The number of rotatable bonds is 4. The van der Waals surface area contributed by atoms with E-state index in [9.17, 15) is 9.59 Å². The second-order valence-electron chi connectivity index (χ2n) is 8.32. The number of nitrogens with zero attached hydrogens (tertiary/aromatic N) is 5. The first-order chi connectivity index (χ1) is 13.7. The van der Waals surface area contributed by atoms with E-state index in [0.29, 0.717) is 22.9 Å². The molecule has 3 heterocycles. The summed E-state index contributed by atoms with van der Waals surface area (Å²) in [6.45, 7) is 11.4. The molecule has 3 aromatic heterocycles. The smallest absolute Gasteiger partial charge is 0.314 e. The summed E-state index contributed by atoms with van der Waals surface area (Å²) in [4.78, 5) is 31.1. The van der Waals surface area contributed by atoms with E-state index in [-0.39, 0.29) is 17.8 Å². The molecular formula is C22H27N5O2. The summed E-state index contributed by atoms with van der Waals surface area (Å²) in [5.74, 6) is 1.15. The fourth-order valence-corrected chi connectivity index (χ4v) is 4.03. The lowest BCUT2D eigenvalue weighted by Gasteiger charge is -2.10. The molecule has 0 saturated heterocycles. The van der Waals surface area contributed by atoms with E-state index in [1.807, 2.05) is 49.4 Å². The van der Waals surface area contributed by atoms with Crippen molar-refractivity contribution in [3.63, 3.8) is 0 Å². The fraction of sp³-hybridized carbons (Fsp3) is 0.409. The van der Waals surface area contributed by atoms with Gasteiger partial charge in [0, 0.05) is 25.0 Å². The van der Waals surface area contributed by atoms with Gasteiger partial charge in [-0.2, -0.15) is 4.98 Å². The Morgan fingerprint density at radius 2 is 1.76 bits per heavy atom. The van der Waals surface area contributed by atoms with Crippen LogP contribution in [0.4, 0.5) is 0 Å². The summed E-state index contributed by atoms with van der Waals surface area (Å²) >= 11 is 0. The van der Waals surface area contributed by atoms with E-state index >= 15 is 0 Å². The summed E-state index contributed by atoms with van der Waals surface area (Å²) in [6.07, 6.45) is 0. The Labute approximate surface area is 168 Å². The van der Waals surface area contributed by atoms with Crippen LogP contribution in [0.3, 0.4) is 0 Å². The maximum absolute atomic E-state index is 13.4. The number of hydrogen-bond donors (Lipinski definition) is 0. The van der Waals surface area contributed by atoms with Gasteiger partial charge in [0.25, 0.3) is 5.56 Å². The van der Waals surface area contributed by atoms with Gasteiger partial charge >= 0.3 is 5.69 Å². The van der Waals surface area contributed by atoms with Gasteiger partial charge in [-0.25, -0.2) is 4.79 Å². The van der Waals surface area contributed by atoms with Crippen LogP contribution >= 0.6 is 0 Å². The molecule has 152 valence electrons. The van der Waals surface area contributed by atoms with Gasteiger partial charge in [-0.1, -0.05) is 43.7 Å². The summed E-state index contributed by atoms with van der Waals surface area (Å²) in [5.41, 5.74) is 4.31. The lowest BCUT2D eigenvalue weighted by molar-refractivity contribution is 0.524. The Morgan fingerprint density at radius 3 is 2.41 bits per heavy atom. The predicted octanol–water partition coefficient (Wildman–Crippen LogP) is 2.78. The zero-order valence-corrected chi connectivity index (χ0v) is 17.9. The molecule has 7 heteroatoms. The molecule has 0 N–H and O–H groups in total. The first-order valence-electron chi connectivity index (χ1n) is 9.94. The summed E-state index contributed by atoms with van der Waals surface area (Å²) < 4.78 is 6.82. The van der Waals surface area contributed by atoms with Crippen LogP contribution in [0.25, 0.3) is 16.9 Å². The van der Waals surface area contributed by atoms with Gasteiger partial charge in [-0.05, 0) is 32.3 Å². The zero-order valence-electron chi connectivity index (χ0n) is 17.9. The highest BCUT2D eigenvalue weighted by atomic mass is 16.2. The number of aromatic nitrogens is 5. The molecule has 0 saturated carbocycles. The van der Waals surface area contributed by atoms with Gasteiger partial charge < -0.3 is 4.57 Å². The highest BCUT2D eigenvalue weighted by molar-refractivity contribution is 5.76. The Balaban J connectivity index is 2.04. The molecule has 0 atom stereocenters. The Morgan fingerprint density at radius 1 is 1.03 bits per heavy atom. The van der Waals surface area contributed by atoms with Crippen molar-refractivity contribution in [2.24, 2.45) is 13.0 Å². The van der Waals surface area contributed by atoms with Crippen LogP contribution in [0.2, 0.25) is 0 Å². The number of hydrogen-bond acceptors (Lipinski definition) is 3. The van der Waals surface area contributed by atoms with Crippen LogP contribution in [-0.4, -0.2) is 23.1 Å². The minimum Gasteiger partial charge on any atom is -0.314 e. The molecule has 0 aliphatic rings. The van der Waals surface area contributed by atoms with Gasteiger partial charge in [0.05, 0.1) is 6.54 Å². The summed E-state index contributed by atoms with van der Waals surface area (Å²) in [7, 11) is 1.68. The van der Waals surface area contributed by atoms with E-state index < -0.39 is 0 Å². The van der Waals surface area contributed by atoms with E-state index in [1.54, 1.807) is 7.05 Å². The van der Waals surface area contributed by atoms with Crippen molar-refractivity contribution in [3.05, 3.63) is 67.6 Å². The average Bonchev–Trinajstić information content (AvgIpc) is 3.15. The molecule has 0 unspecified atom stereocenters. The molecule has 0 aliphatic heterocycles. The third-order valence-corrected chi connectivity index (χ3v) is 5.60. The lowest BCUT2D eigenvalue weighted by atomic mass is 10.1. The van der Waals surface area contributed by atoms with Crippen molar-refractivity contribution in [3.8, 4) is 0 Å². The normalized spacial score (nSPS) is 12.0. The molecule has 4 rings (SSSR count). The topological polar surface area (TPSA) is 66.2 Å². The van der Waals surface area contributed by atoms with Gasteiger partial charge in [0.15, 0.2) is 11.2 Å². The van der Waals surface area contributed by atoms with E-state index in [1.165, 1.54) is 9.13 Å². The quantitative estimate of drug-likeness (QED) is 0.535. The molecule has 0 aliphatic carbocycles. The van der Waals surface area contributed by atoms with Crippen LogP contribution in [0, 0.1) is 26.7 Å². The Bertz CT molecular complexity index is 1360. The zero-order chi connectivity index (χ0) is 21.0. The largest absolute Gasteiger partial charge is 0.332 e. The molecule has 0 radical (unpaired) electrons. The standard InChI is InChI=1S/C22H27N5O2/c1-13(2)11-25-15(4)16(5)27-18-19(23-21(25)27)24(6)22(29)26(20(18)28)12-17-9-7-8-14(3)10-17/h7-10,13H,11-12H2,1-6H3. The van der Waals surface area contributed by atoms with Crippen LogP contribution in [0.15, 0.2) is 33.9 Å². The highest BCUT2D eigenvalue weighted by Gasteiger charge is 2.22. The van der Waals surface area contributed by atoms with Gasteiger partial charge in [-0.3, -0.25) is 18.3 Å². The minimum absolute atomic E-state index is 0.237. The van der Waals surface area contributed by atoms with Crippen molar-refractivity contribution < 1.29 is 0 Å². The maximum Gasteiger partial charge on any atom is 0.332 e. The van der Waals surface area contributed by atoms with Crippen molar-refractivity contribution in [2.45, 2.75) is 47.7 Å². The maximum atomic E-state index is 13.4. The van der Waals surface area contributed by atoms with Gasteiger partial charge in [0.1, 0.15) is 0 Å². The molecule has 0 spiro atoms. The Hall–Kier alpha value is -3.09. The number of imidazole rings is 2. The predicted molar refractivity (Wildman–Crippen MR) is 115 cm³/mol. The van der Waals surface area contributed by atoms with Gasteiger partial charge in [-0.15, -0.1) is 0 Å². The number of benzene rings is 1. The lowest BCUT2D eigenvalue weighted by Crippen LogP contribution is -2.39. The first kappa shape index (κ1) is 19.2. The number of aryl methyl sites for hydroxylation is 3. The molecular weight excluding hydrogens is 366 g/mol. The van der Waals surface area contributed by atoms with Crippen LogP contribution in [0.5, 0.6) is 0 Å². The summed E-state index contributed by atoms with van der Waals surface area (Å²) in [5, 5.41) is 0.